The van der Waals surface area contributed by atoms with E-state index in [-0.39, 0.29) is 0 Å². The van der Waals surface area contributed by atoms with Crippen LogP contribution in [0.25, 0.3) is 0 Å². The van der Waals surface area contributed by atoms with E-state index in [9.17, 15) is 0 Å². The molecule has 0 amide bonds. The normalized spacial score (nSPS) is 25.0. The van der Waals surface area contributed by atoms with E-state index in [0.29, 0.717) is 0 Å². The maximum absolute atomic E-state index is 4.70. The summed E-state index contributed by atoms with van der Waals surface area (Å²) < 4.78 is 0. The van der Waals surface area contributed by atoms with Crippen LogP contribution in [0.5, 0.6) is 0 Å². The fraction of sp³-hybridized carbons (Fsp3) is 0.765. The van der Waals surface area contributed by atoms with Crippen LogP contribution >= 0.6 is 0 Å². The van der Waals surface area contributed by atoms with E-state index in [0.717, 1.165) is 37.2 Å². The highest BCUT2D eigenvalue weighted by Gasteiger charge is 2.36. The molecule has 1 aliphatic carbocycles. The van der Waals surface area contributed by atoms with E-state index in [2.05, 4.69) is 29.0 Å². The molecule has 1 saturated carbocycles. The van der Waals surface area contributed by atoms with Crippen molar-refractivity contribution < 1.29 is 0 Å². The highest BCUT2D eigenvalue weighted by atomic mass is 15.2. The number of rotatable bonds is 5. The number of aromatic nitrogens is 2. The van der Waals surface area contributed by atoms with Crippen molar-refractivity contribution in [2.75, 3.05) is 23.3 Å². The number of piperidine rings is 1. The predicted molar refractivity (Wildman–Crippen MR) is 87.9 cm³/mol. The van der Waals surface area contributed by atoms with Crippen LogP contribution in [-0.2, 0) is 6.42 Å². The number of nitrogens with zero attached hydrogens (tertiary/aromatic N) is 3. The first-order valence-corrected chi connectivity index (χ1v) is 8.69. The number of hydrogen-bond donors (Lipinski definition) is 1. The standard InChI is InChI=1S/C17H28N4/c1-3-7-14-16(18-4-2)19-12-20-17(14)21-11-6-9-13-8-5-10-15(13)21/h12-13,15H,3-11H2,1-2H3,(H,18,19,20). The van der Waals surface area contributed by atoms with Gasteiger partial charge < -0.3 is 10.2 Å². The van der Waals surface area contributed by atoms with E-state index < -0.39 is 0 Å². The maximum Gasteiger partial charge on any atom is 0.137 e. The Bertz CT molecular complexity index is 474. The average Bonchev–Trinajstić information content (AvgIpc) is 2.98. The molecular weight excluding hydrogens is 260 g/mol. The van der Waals surface area contributed by atoms with Crippen molar-refractivity contribution >= 4 is 11.6 Å². The monoisotopic (exact) mass is 288 g/mol. The Morgan fingerprint density at radius 3 is 2.86 bits per heavy atom. The van der Waals surface area contributed by atoms with Gasteiger partial charge in [0.2, 0.25) is 0 Å². The van der Waals surface area contributed by atoms with Crippen LogP contribution in [0.4, 0.5) is 11.6 Å². The van der Waals surface area contributed by atoms with Gasteiger partial charge in [-0.3, -0.25) is 0 Å². The Balaban J connectivity index is 1.94. The molecule has 2 unspecified atom stereocenters. The first-order chi connectivity index (χ1) is 10.3. The van der Waals surface area contributed by atoms with Gasteiger partial charge in [-0.05, 0) is 44.9 Å². The lowest BCUT2D eigenvalue weighted by Crippen LogP contribution is -2.43. The van der Waals surface area contributed by atoms with Crippen molar-refractivity contribution in [1.82, 2.24) is 9.97 Å². The molecule has 21 heavy (non-hydrogen) atoms. The Hall–Kier alpha value is -1.32. The van der Waals surface area contributed by atoms with Gasteiger partial charge in [0.05, 0.1) is 0 Å². The minimum atomic E-state index is 0.721. The lowest BCUT2D eigenvalue weighted by molar-refractivity contribution is 0.360. The zero-order chi connectivity index (χ0) is 14.7. The summed E-state index contributed by atoms with van der Waals surface area (Å²) in [6, 6.07) is 0.721. The largest absolute Gasteiger partial charge is 0.370 e. The van der Waals surface area contributed by atoms with Crippen LogP contribution in [-0.4, -0.2) is 29.1 Å². The smallest absolute Gasteiger partial charge is 0.137 e. The van der Waals surface area contributed by atoms with E-state index in [1.807, 2.05) is 0 Å². The van der Waals surface area contributed by atoms with Crippen molar-refractivity contribution in [1.29, 1.82) is 0 Å². The highest BCUT2D eigenvalue weighted by Crippen LogP contribution is 2.40. The highest BCUT2D eigenvalue weighted by molar-refractivity contribution is 5.59. The molecule has 2 atom stereocenters. The van der Waals surface area contributed by atoms with Gasteiger partial charge in [-0.2, -0.15) is 0 Å². The van der Waals surface area contributed by atoms with Gasteiger partial charge in [0, 0.05) is 24.7 Å². The molecule has 3 rings (SSSR count). The third kappa shape index (κ3) is 2.85. The summed E-state index contributed by atoms with van der Waals surface area (Å²) >= 11 is 0. The quantitative estimate of drug-likeness (QED) is 0.898. The van der Waals surface area contributed by atoms with Gasteiger partial charge in [0.1, 0.15) is 18.0 Å². The molecule has 1 N–H and O–H groups in total. The maximum atomic E-state index is 4.70. The molecule has 116 valence electrons. The van der Waals surface area contributed by atoms with Gasteiger partial charge in [-0.25, -0.2) is 9.97 Å². The van der Waals surface area contributed by atoms with Crippen molar-refractivity contribution in [3.8, 4) is 0 Å². The number of nitrogens with one attached hydrogen (secondary N) is 1. The molecule has 4 heteroatoms. The second kappa shape index (κ2) is 6.63. The Labute approximate surface area is 128 Å². The van der Waals surface area contributed by atoms with Crippen LogP contribution in [0.1, 0.15) is 57.9 Å². The average molecular weight is 288 g/mol. The number of anilines is 2. The predicted octanol–water partition coefficient (Wildman–Crippen LogP) is 3.63. The van der Waals surface area contributed by atoms with E-state index >= 15 is 0 Å². The first kappa shape index (κ1) is 14.6. The minimum Gasteiger partial charge on any atom is -0.370 e. The van der Waals surface area contributed by atoms with E-state index in [4.69, 9.17) is 4.98 Å². The Morgan fingerprint density at radius 2 is 2.05 bits per heavy atom. The van der Waals surface area contributed by atoms with Crippen LogP contribution in [0.3, 0.4) is 0 Å². The zero-order valence-corrected chi connectivity index (χ0v) is 13.4. The molecule has 1 aromatic heterocycles. The van der Waals surface area contributed by atoms with E-state index in [1.54, 1.807) is 6.33 Å². The number of fused-ring (bicyclic) bond motifs is 1. The molecule has 0 bridgehead atoms. The first-order valence-electron chi connectivity index (χ1n) is 8.69. The third-order valence-corrected chi connectivity index (χ3v) is 5.03. The van der Waals surface area contributed by atoms with Crippen LogP contribution in [0, 0.1) is 5.92 Å². The van der Waals surface area contributed by atoms with Crippen molar-refractivity contribution in [3.05, 3.63) is 11.9 Å². The van der Waals surface area contributed by atoms with Gasteiger partial charge in [0.25, 0.3) is 0 Å². The topological polar surface area (TPSA) is 41.1 Å². The minimum absolute atomic E-state index is 0.721. The fourth-order valence-electron chi connectivity index (χ4n) is 4.17. The van der Waals surface area contributed by atoms with Crippen LogP contribution in [0.15, 0.2) is 6.33 Å². The Morgan fingerprint density at radius 1 is 1.19 bits per heavy atom. The molecule has 1 aliphatic heterocycles. The SMILES string of the molecule is CCCc1c(NCC)ncnc1N1CCCC2CCCC21. The Kier molecular flexibility index (Phi) is 4.61. The number of hydrogen-bond acceptors (Lipinski definition) is 4. The lowest BCUT2D eigenvalue weighted by atomic mass is 9.91. The van der Waals surface area contributed by atoms with Gasteiger partial charge in [-0.15, -0.1) is 0 Å². The molecule has 1 aromatic rings. The summed E-state index contributed by atoms with van der Waals surface area (Å²) in [7, 11) is 0. The second-order valence-corrected chi connectivity index (χ2v) is 6.40. The molecule has 2 fully saturated rings. The van der Waals surface area contributed by atoms with Crippen LogP contribution < -0.4 is 10.2 Å². The summed E-state index contributed by atoms with van der Waals surface area (Å²) in [5, 5.41) is 3.42. The van der Waals surface area contributed by atoms with Crippen molar-refractivity contribution in [2.24, 2.45) is 5.92 Å². The molecule has 1 saturated heterocycles. The third-order valence-electron chi connectivity index (χ3n) is 5.03. The molecule has 2 aliphatic rings. The molecule has 0 aromatic carbocycles. The molecule has 4 nitrogen and oxygen atoms in total. The summed E-state index contributed by atoms with van der Waals surface area (Å²) in [4.78, 5) is 11.8. The van der Waals surface area contributed by atoms with Crippen LogP contribution in [0.2, 0.25) is 0 Å². The summed E-state index contributed by atoms with van der Waals surface area (Å²) in [6.45, 7) is 6.45. The molecular formula is C17H28N4. The van der Waals surface area contributed by atoms with Crippen molar-refractivity contribution in [3.63, 3.8) is 0 Å². The van der Waals surface area contributed by atoms with Gasteiger partial charge in [0.15, 0.2) is 0 Å². The van der Waals surface area contributed by atoms with Crippen molar-refractivity contribution in [2.45, 2.75) is 64.8 Å². The van der Waals surface area contributed by atoms with Gasteiger partial charge in [-0.1, -0.05) is 19.8 Å². The molecule has 2 heterocycles. The zero-order valence-electron chi connectivity index (χ0n) is 13.4. The molecule has 0 spiro atoms. The second-order valence-electron chi connectivity index (χ2n) is 6.40. The summed E-state index contributed by atoms with van der Waals surface area (Å²) in [5.41, 5.74) is 1.33. The fourth-order valence-corrected chi connectivity index (χ4v) is 4.17. The molecule has 0 radical (unpaired) electrons. The summed E-state index contributed by atoms with van der Waals surface area (Å²) in [5.74, 6) is 3.15. The van der Waals surface area contributed by atoms with E-state index in [1.165, 1.54) is 50.0 Å². The summed E-state index contributed by atoms with van der Waals surface area (Å²) in [6.07, 6.45) is 10.8. The van der Waals surface area contributed by atoms with Gasteiger partial charge >= 0.3 is 0 Å². The lowest BCUT2D eigenvalue weighted by Gasteiger charge is -2.39.